The van der Waals surface area contributed by atoms with Crippen LogP contribution >= 0.6 is 0 Å². The summed E-state index contributed by atoms with van der Waals surface area (Å²) in [6.07, 6.45) is 3.98. The third-order valence-electron chi connectivity index (χ3n) is 3.59. The van der Waals surface area contributed by atoms with Crippen LogP contribution in [0.25, 0.3) is 0 Å². The number of rotatable bonds is 4. The zero-order valence-electron chi connectivity index (χ0n) is 10.5. The number of aromatic nitrogens is 2. The Morgan fingerprint density at radius 1 is 1.33 bits per heavy atom. The normalized spacial score (nSPS) is 16.7. The Morgan fingerprint density at radius 2 is 2.17 bits per heavy atom. The zero-order chi connectivity index (χ0) is 12.6. The van der Waals surface area contributed by atoms with Gasteiger partial charge in [0.1, 0.15) is 0 Å². The van der Waals surface area contributed by atoms with Crippen LogP contribution in [0.15, 0.2) is 28.8 Å². The fraction of sp³-hybridized carbons (Fsp3) is 0.429. The van der Waals surface area contributed by atoms with Crippen molar-refractivity contribution in [1.29, 1.82) is 0 Å². The van der Waals surface area contributed by atoms with E-state index in [1.54, 1.807) is 0 Å². The zero-order valence-corrected chi connectivity index (χ0v) is 10.5. The van der Waals surface area contributed by atoms with Crippen LogP contribution in [-0.4, -0.2) is 10.1 Å². The van der Waals surface area contributed by atoms with Crippen molar-refractivity contribution in [3.8, 4) is 0 Å². The third-order valence-corrected chi connectivity index (χ3v) is 3.59. The van der Waals surface area contributed by atoms with Crippen molar-refractivity contribution >= 4 is 5.69 Å². The van der Waals surface area contributed by atoms with E-state index in [-0.39, 0.29) is 5.41 Å². The quantitative estimate of drug-likeness (QED) is 0.838. The number of hydrogen-bond acceptors (Lipinski definition) is 4. The number of anilines is 1. The Morgan fingerprint density at radius 3 is 2.89 bits per heavy atom. The Bertz CT molecular complexity index is 558. The topological polar surface area (TPSA) is 64.9 Å². The second-order valence-corrected chi connectivity index (χ2v) is 5.32. The lowest BCUT2D eigenvalue weighted by atomic mass is 10.1. The molecule has 1 heterocycles. The fourth-order valence-corrected chi connectivity index (χ4v) is 2.01. The van der Waals surface area contributed by atoms with Gasteiger partial charge < -0.3 is 10.3 Å². The van der Waals surface area contributed by atoms with Crippen molar-refractivity contribution in [2.75, 3.05) is 5.73 Å². The van der Waals surface area contributed by atoms with Crippen LogP contribution in [0.4, 0.5) is 5.69 Å². The fourth-order valence-electron chi connectivity index (χ4n) is 2.01. The van der Waals surface area contributed by atoms with E-state index in [4.69, 9.17) is 10.3 Å². The lowest BCUT2D eigenvalue weighted by Gasteiger charge is -2.00. The average molecular weight is 243 g/mol. The van der Waals surface area contributed by atoms with E-state index in [1.165, 1.54) is 18.4 Å². The summed E-state index contributed by atoms with van der Waals surface area (Å²) in [4.78, 5) is 4.47. The molecular weight excluding hydrogens is 226 g/mol. The van der Waals surface area contributed by atoms with Crippen LogP contribution in [0.2, 0.25) is 0 Å². The molecule has 1 aliphatic carbocycles. The first-order valence-electron chi connectivity index (χ1n) is 6.33. The molecule has 3 rings (SSSR count). The molecule has 2 aromatic rings. The van der Waals surface area contributed by atoms with Gasteiger partial charge in [-0.05, 0) is 37.0 Å². The first-order chi connectivity index (χ1) is 8.66. The van der Waals surface area contributed by atoms with Gasteiger partial charge in [-0.1, -0.05) is 24.2 Å². The Hall–Kier alpha value is -1.84. The van der Waals surface area contributed by atoms with Crippen LogP contribution in [-0.2, 0) is 18.3 Å². The molecule has 1 saturated carbocycles. The minimum Gasteiger partial charge on any atom is -0.399 e. The van der Waals surface area contributed by atoms with Crippen LogP contribution in [0, 0.1) is 0 Å². The van der Waals surface area contributed by atoms with E-state index >= 15 is 0 Å². The molecule has 4 heteroatoms. The number of nitrogens with two attached hydrogens (primary N) is 1. The number of nitrogens with zero attached hydrogens (tertiary/aromatic N) is 2. The van der Waals surface area contributed by atoms with Gasteiger partial charge in [0.25, 0.3) is 0 Å². The van der Waals surface area contributed by atoms with Crippen LogP contribution in [0.5, 0.6) is 0 Å². The molecule has 0 unspecified atom stereocenters. The van der Waals surface area contributed by atoms with Gasteiger partial charge in [-0.25, -0.2) is 0 Å². The van der Waals surface area contributed by atoms with Gasteiger partial charge in [0, 0.05) is 17.5 Å². The molecule has 94 valence electrons. The first kappa shape index (κ1) is 11.3. The lowest BCUT2D eigenvalue weighted by molar-refractivity contribution is 0.369. The van der Waals surface area contributed by atoms with Crippen LogP contribution < -0.4 is 5.73 Å². The van der Waals surface area contributed by atoms with E-state index in [0.29, 0.717) is 0 Å². The highest BCUT2D eigenvalue weighted by atomic mass is 16.5. The number of nitrogen functional groups attached to an aromatic ring is 1. The van der Waals surface area contributed by atoms with Crippen molar-refractivity contribution in [2.24, 2.45) is 0 Å². The SMILES string of the molecule is CC1(c2noc(CCc3cccc(N)c3)n2)CC1. The minimum absolute atomic E-state index is 0.179. The Balaban J connectivity index is 1.65. The summed E-state index contributed by atoms with van der Waals surface area (Å²) in [5, 5.41) is 4.07. The molecule has 1 aliphatic rings. The molecule has 0 atom stereocenters. The van der Waals surface area contributed by atoms with Crippen molar-refractivity contribution in [3.63, 3.8) is 0 Å². The highest BCUT2D eigenvalue weighted by Crippen LogP contribution is 2.45. The van der Waals surface area contributed by atoms with Gasteiger partial charge in [-0.3, -0.25) is 0 Å². The molecular formula is C14H17N3O. The summed E-state index contributed by atoms with van der Waals surface area (Å²) in [5.41, 5.74) is 7.92. The largest absolute Gasteiger partial charge is 0.399 e. The van der Waals surface area contributed by atoms with Gasteiger partial charge >= 0.3 is 0 Å². The Kier molecular flexibility index (Phi) is 2.58. The summed E-state index contributed by atoms with van der Waals surface area (Å²) >= 11 is 0. The molecule has 1 aromatic heterocycles. The van der Waals surface area contributed by atoms with Gasteiger partial charge in [0.05, 0.1) is 0 Å². The van der Waals surface area contributed by atoms with Gasteiger partial charge in [0.2, 0.25) is 5.89 Å². The maximum atomic E-state index is 5.75. The van der Waals surface area contributed by atoms with Crippen LogP contribution in [0.1, 0.15) is 37.0 Å². The van der Waals surface area contributed by atoms with E-state index in [9.17, 15) is 0 Å². The highest BCUT2D eigenvalue weighted by molar-refractivity contribution is 5.40. The maximum absolute atomic E-state index is 5.75. The molecule has 0 radical (unpaired) electrons. The van der Waals surface area contributed by atoms with Crippen molar-refractivity contribution in [2.45, 2.75) is 38.0 Å². The number of benzene rings is 1. The van der Waals surface area contributed by atoms with Gasteiger partial charge in [-0.15, -0.1) is 0 Å². The van der Waals surface area contributed by atoms with E-state index in [2.05, 4.69) is 23.1 Å². The third kappa shape index (κ3) is 2.23. The predicted molar refractivity (Wildman–Crippen MR) is 69.1 cm³/mol. The van der Waals surface area contributed by atoms with Crippen molar-refractivity contribution in [1.82, 2.24) is 10.1 Å². The molecule has 1 aromatic carbocycles. The molecule has 18 heavy (non-hydrogen) atoms. The minimum atomic E-state index is 0.179. The Labute approximate surface area is 106 Å². The van der Waals surface area contributed by atoms with E-state index < -0.39 is 0 Å². The smallest absolute Gasteiger partial charge is 0.226 e. The molecule has 4 nitrogen and oxygen atoms in total. The van der Waals surface area contributed by atoms with Crippen molar-refractivity contribution < 1.29 is 4.52 Å². The summed E-state index contributed by atoms with van der Waals surface area (Å²) in [6, 6.07) is 7.91. The van der Waals surface area contributed by atoms with E-state index in [0.717, 1.165) is 30.2 Å². The summed E-state index contributed by atoms with van der Waals surface area (Å²) in [7, 11) is 0. The molecule has 2 N–H and O–H groups in total. The summed E-state index contributed by atoms with van der Waals surface area (Å²) < 4.78 is 5.29. The number of hydrogen-bond donors (Lipinski definition) is 1. The monoisotopic (exact) mass is 243 g/mol. The second kappa shape index (κ2) is 4.12. The summed E-state index contributed by atoms with van der Waals surface area (Å²) in [6.45, 7) is 2.18. The molecule has 0 saturated heterocycles. The highest BCUT2D eigenvalue weighted by Gasteiger charge is 2.43. The lowest BCUT2D eigenvalue weighted by Crippen LogP contribution is -2.02. The van der Waals surface area contributed by atoms with Crippen LogP contribution in [0.3, 0.4) is 0 Å². The van der Waals surface area contributed by atoms with Gasteiger partial charge in [-0.2, -0.15) is 4.98 Å². The average Bonchev–Trinajstić information content (AvgIpc) is 2.93. The van der Waals surface area contributed by atoms with E-state index in [1.807, 2.05) is 18.2 Å². The standard InChI is InChI=1S/C14H17N3O/c1-14(7-8-14)13-16-12(18-17-13)6-5-10-3-2-4-11(15)9-10/h2-4,9H,5-8,15H2,1H3. The molecule has 1 fully saturated rings. The first-order valence-corrected chi connectivity index (χ1v) is 6.33. The molecule has 0 aliphatic heterocycles. The number of aryl methyl sites for hydroxylation is 2. The summed E-state index contributed by atoms with van der Waals surface area (Å²) in [5.74, 6) is 1.59. The second-order valence-electron chi connectivity index (χ2n) is 5.32. The molecule has 0 bridgehead atoms. The molecule has 0 amide bonds. The predicted octanol–water partition coefficient (Wildman–Crippen LogP) is 2.49. The van der Waals surface area contributed by atoms with Crippen molar-refractivity contribution in [3.05, 3.63) is 41.5 Å². The molecule has 0 spiro atoms. The maximum Gasteiger partial charge on any atom is 0.226 e. The van der Waals surface area contributed by atoms with Gasteiger partial charge in [0.15, 0.2) is 5.82 Å².